The zero-order valence-electron chi connectivity index (χ0n) is 17.3. The molecule has 0 fully saturated rings. The van der Waals surface area contributed by atoms with Gasteiger partial charge in [0.25, 0.3) is 0 Å². The molecule has 0 bridgehead atoms. The van der Waals surface area contributed by atoms with E-state index < -0.39 is 11.6 Å². The Balaban J connectivity index is 0.00000132. The molecular weight excluding hydrogens is 370 g/mol. The topological polar surface area (TPSA) is 92.7 Å². The van der Waals surface area contributed by atoms with Crippen molar-refractivity contribution < 1.29 is 24.2 Å². The van der Waals surface area contributed by atoms with Crippen LogP contribution in [-0.4, -0.2) is 28.9 Å². The number of para-hydroxylation sites is 1. The van der Waals surface area contributed by atoms with Crippen molar-refractivity contribution in [3.05, 3.63) is 66.2 Å². The van der Waals surface area contributed by atoms with Gasteiger partial charge in [-0.05, 0) is 37.5 Å². The van der Waals surface area contributed by atoms with Crippen molar-refractivity contribution in [2.24, 2.45) is 5.92 Å². The number of hydrogen-bond acceptors (Lipinski definition) is 6. The van der Waals surface area contributed by atoms with E-state index in [0.717, 1.165) is 11.3 Å². The number of anilines is 1. The van der Waals surface area contributed by atoms with Crippen LogP contribution in [0.4, 0.5) is 5.69 Å². The fourth-order valence-corrected chi connectivity index (χ4v) is 3.00. The second-order valence-electron chi connectivity index (χ2n) is 7.29. The van der Waals surface area contributed by atoms with Gasteiger partial charge in [0.15, 0.2) is 0 Å². The van der Waals surface area contributed by atoms with E-state index in [9.17, 15) is 9.90 Å². The molecule has 0 saturated heterocycles. The van der Waals surface area contributed by atoms with Crippen molar-refractivity contribution in [2.45, 2.75) is 51.9 Å². The van der Waals surface area contributed by atoms with Crippen molar-refractivity contribution in [1.82, 2.24) is 0 Å². The Labute approximate surface area is 171 Å². The summed E-state index contributed by atoms with van der Waals surface area (Å²) in [6.45, 7) is 7.60. The monoisotopic (exact) mass is 399 g/mol. The number of hydrogen-bond donors (Lipinski definition) is 2. The van der Waals surface area contributed by atoms with Gasteiger partial charge in [-0.2, -0.15) is 9.59 Å². The van der Waals surface area contributed by atoms with E-state index in [4.69, 9.17) is 14.3 Å². The average molecular weight is 399 g/mol. The summed E-state index contributed by atoms with van der Waals surface area (Å²) >= 11 is 0. The Morgan fingerprint density at radius 1 is 1.00 bits per heavy atom. The summed E-state index contributed by atoms with van der Waals surface area (Å²) in [5.74, 6) is -0.436. The molecule has 1 unspecified atom stereocenters. The fraction of sp³-hybridized carbons (Fsp3) is 0.391. The lowest BCUT2D eigenvalue weighted by Gasteiger charge is -2.39. The smallest absolute Gasteiger partial charge is 0.373 e. The first kappa shape index (κ1) is 24.1. The molecule has 2 rings (SSSR count). The molecule has 2 atom stereocenters. The maximum atomic E-state index is 13.1. The number of aliphatic hydroxyl groups is 1. The van der Waals surface area contributed by atoms with E-state index in [1.165, 1.54) is 0 Å². The van der Waals surface area contributed by atoms with Crippen molar-refractivity contribution in [3.8, 4) is 0 Å². The van der Waals surface area contributed by atoms with Crippen LogP contribution < -0.4 is 5.32 Å². The molecule has 0 aliphatic rings. The van der Waals surface area contributed by atoms with Crippen LogP contribution in [0.15, 0.2) is 60.7 Å². The first-order valence-electron chi connectivity index (χ1n) is 9.53. The molecule has 0 aliphatic carbocycles. The average Bonchev–Trinajstić information content (AvgIpc) is 2.68. The normalized spacial score (nSPS) is 13.5. The third-order valence-electron chi connectivity index (χ3n) is 4.53. The molecule has 0 aromatic heterocycles. The first-order valence-corrected chi connectivity index (χ1v) is 9.53. The third kappa shape index (κ3) is 7.18. The van der Waals surface area contributed by atoms with Gasteiger partial charge in [0, 0.05) is 12.1 Å². The second-order valence-corrected chi connectivity index (χ2v) is 7.29. The number of nitrogens with one attached hydrogen (secondary N) is 1. The van der Waals surface area contributed by atoms with Crippen molar-refractivity contribution in [2.75, 3.05) is 5.32 Å². The Hall–Kier alpha value is -2.95. The SMILES string of the molecule is CC(C)OC(=O)C(C[C@@H](O)c1ccccc1)(Nc1ccccc1)C(C)C.O=C=O. The van der Waals surface area contributed by atoms with Crippen LogP contribution in [0.1, 0.15) is 45.8 Å². The quantitative estimate of drug-likeness (QED) is 0.652. The number of esters is 1. The van der Waals surface area contributed by atoms with Gasteiger partial charge in [-0.25, -0.2) is 4.79 Å². The number of carbonyl (C=O) groups excluding carboxylic acids is 3. The summed E-state index contributed by atoms with van der Waals surface area (Å²) in [7, 11) is 0. The van der Waals surface area contributed by atoms with Gasteiger partial charge < -0.3 is 15.2 Å². The molecule has 6 nitrogen and oxygen atoms in total. The Kier molecular flexibility index (Phi) is 9.80. The predicted molar refractivity (Wildman–Crippen MR) is 110 cm³/mol. The van der Waals surface area contributed by atoms with Crippen molar-refractivity contribution in [1.29, 1.82) is 0 Å². The van der Waals surface area contributed by atoms with Gasteiger partial charge in [0.2, 0.25) is 0 Å². The summed E-state index contributed by atoms with van der Waals surface area (Å²) in [6.07, 6.45) is -0.545. The van der Waals surface area contributed by atoms with E-state index in [-0.39, 0.29) is 30.6 Å². The minimum Gasteiger partial charge on any atom is -0.461 e. The lowest BCUT2D eigenvalue weighted by atomic mass is 9.79. The van der Waals surface area contributed by atoms with E-state index in [2.05, 4.69) is 5.32 Å². The molecule has 0 heterocycles. The molecule has 2 aromatic carbocycles. The molecule has 0 saturated carbocycles. The summed E-state index contributed by atoms with van der Waals surface area (Å²) in [6, 6.07) is 19.0. The highest BCUT2D eigenvalue weighted by atomic mass is 16.5. The lowest BCUT2D eigenvalue weighted by molar-refractivity contribution is -0.191. The summed E-state index contributed by atoms with van der Waals surface area (Å²) < 4.78 is 5.57. The van der Waals surface area contributed by atoms with Crippen LogP contribution in [0.5, 0.6) is 0 Å². The highest BCUT2D eigenvalue weighted by Crippen LogP contribution is 2.34. The Bertz CT molecular complexity index is 770. The number of aliphatic hydroxyl groups excluding tert-OH is 1. The number of benzene rings is 2. The summed E-state index contributed by atoms with van der Waals surface area (Å²) in [5.41, 5.74) is 0.563. The molecule has 6 heteroatoms. The van der Waals surface area contributed by atoms with E-state index in [1.807, 2.05) is 88.4 Å². The third-order valence-corrected chi connectivity index (χ3v) is 4.53. The van der Waals surface area contributed by atoms with Gasteiger partial charge >= 0.3 is 12.1 Å². The van der Waals surface area contributed by atoms with E-state index in [1.54, 1.807) is 0 Å². The van der Waals surface area contributed by atoms with Crippen LogP contribution in [-0.2, 0) is 19.1 Å². The largest absolute Gasteiger partial charge is 0.461 e. The number of rotatable bonds is 8. The maximum Gasteiger partial charge on any atom is 0.373 e. The van der Waals surface area contributed by atoms with Crippen molar-refractivity contribution in [3.63, 3.8) is 0 Å². The molecule has 0 radical (unpaired) electrons. The van der Waals surface area contributed by atoms with Gasteiger partial charge in [0.1, 0.15) is 5.54 Å². The van der Waals surface area contributed by atoms with Crippen molar-refractivity contribution >= 4 is 17.8 Å². The van der Waals surface area contributed by atoms with Gasteiger partial charge in [-0.3, -0.25) is 0 Å². The molecule has 0 amide bonds. The highest BCUT2D eigenvalue weighted by Gasteiger charge is 2.45. The number of ether oxygens (including phenoxy) is 1. The van der Waals surface area contributed by atoms with Gasteiger partial charge in [-0.1, -0.05) is 62.4 Å². The number of carbonyl (C=O) groups is 1. The molecule has 0 spiro atoms. The molecule has 29 heavy (non-hydrogen) atoms. The maximum absolute atomic E-state index is 13.1. The highest BCUT2D eigenvalue weighted by molar-refractivity contribution is 5.85. The van der Waals surface area contributed by atoms with E-state index in [0.29, 0.717) is 0 Å². The van der Waals surface area contributed by atoms with Crippen LogP contribution in [0.2, 0.25) is 0 Å². The molecule has 0 aliphatic heterocycles. The van der Waals surface area contributed by atoms with Crippen LogP contribution in [0.25, 0.3) is 0 Å². The van der Waals surface area contributed by atoms with E-state index >= 15 is 0 Å². The summed E-state index contributed by atoms with van der Waals surface area (Å²) in [5, 5.41) is 14.2. The van der Waals surface area contributed by atoms with Crippen LogP contribution in [0, 0.1) is 5.92 Å². The minimum atomic E-state index is -1.04. The van der Waals surface area contributed by atoms with Crippen LogP contribution in [0.3, 0.4) is 0 Å². The van der Waals surface area contributed by atoms with Gasteiger partial charge in [-0.15, -0.1) is 0 Å². The van der Waals surface area contributed by atoms with Gasteiger partial charge in [0.05, 0.1) is 12.2 Å². The molecule has 2 N–H and O–H groups in total. The minimum absolute atomic E-state index is 0.0904. The molecule has 2 aromatic rings. The lowest BCUT2D eigenvalue weighted by Crippen LogP contribution is -2.53. The van der Waals surface area contributed by atoms with Crippen LogP contribution >= 0.6 is 0 Å². The molecular formula is C23H29NO5. The standard InChI is InChI=1S/C22H29NO3.CO2/c1-16(2)22(21(25)26-17(3)4,23-19-13-9-6-10-14-19)15-20(24)18-11-7-5-8-12-18;2-1-3/h5-14,16-17,20,23-24H,15H2,1-4H3;/t20-,22?;/m1./s1. The zero-order chi connectivity index (χ0) is 21.9. The second kappa shape index (κ2) is 11.8. The Morgan fingerprint density at radius 3 is 1.93 bits per heavy atom. The Morgan fingerprint density at radius 2 is 1.48 bits per heavy atom. The summed E-state index contributed by atoms with van der Waals surface area (Å²) in [4.78, 5) is 29.3. The fourth-order valence-electron chi connectivity index (χ4n) is 3.00. The molecule has 156 valence electrons. The first-order chi connectivity index (χ1) is 13.8. The predicted octanol–water partition coefficient (Wildman–Crippen LogP) is 3.99. The zero-order valence-corrected chi connectivity index (χ0v) is 17.3.